The Labute approximate surface area is 189 Å². The SMILES string of the molecule is CN1CCc2ccc(N3CCc4c(CO)nn(COCC[Si](C)(C)C)c4C3=O)cc2C1=O. The maximum absolute atomic E-state index is 13.5. The van der Waals surface area contributed by atoms with Crippen molar-refractivity contribution < 1.29 is 19.4 Å². The first-order valence-electron chi connectivity index (χ1n) is 11.2. The Morgan fingerprint density at radius 2 is 1.91 bits per heavy atom. The molecule has 1 aromatic heterocycles. The van der Waals surface area contributed by atoms with Crippen LogP contribution >= 0.6 is 0 Å². The highest BCUT2D eigenvalue weighted by Gasteiger charge is 2.33. The minimum absolute atomic E-state index is 0.0124. The van der Waals surface area contributed by atoms with E-state index in [4.69, 9.17) is 4.74 Å². The van der Waals surface area contributed by atoms with Crippen molar-refractivity contribution in [1.29, 1.82) is 0 Å². The molecule has 0 atom stereocenters. The molecule has 0 aliphatic carbocycles. The summed E-state index contributed by atoms with van der Waals surface area (Å²) in [7, 11) is 0.581. The van der Waals surface area contributed by atoms with Crippen LogP contribution in [-0.2, 0) is 30.9 Å². The van der Waals surface area contributed by atoms with Crippen molar-refractivity contribution in [3.8, 4) is 0 Å². The molecule has 172 valence electrons. The molecule has 2 aliphatic heterocycles. The summed E-state index contributed by atoms with van der Waals surface area (Å²) in [5.41, 5.74) is 4.18. The van der Waals surface area contributed by atoms with Crippen LogP contribution in [0.5, 0.6) is 0 Å². The van der Waals surface area contributed by atoms with Crippen LogP contribution in [0.15, 0.2) is 18.2 Å². The molecule has 0 radical (unpaired) electrons. The smallest absolute Gasteiger partial charge is 0.276 e. The standard InChI is InChI=1S/C23H32N4O4Si/c1-25-9-7-16-5-6-17(13-19(16)22(25)29)26-10-8-18-20(14-28)24-27(21(18)23(26)30)15-31-11-12-32(2,3)4/h5-6,13,28H,7-12,14-15H2,1-4H3. The molecule has 32 heavy (non-hydrogen) atoms. The Balaban J connectivity index is 1.59. The van der Waals surface area contributed by atoms with Crippen LogP contribution in [0.2, 0.25) is 25.7 Å². The highest BCUT2D eigenvalue weighted by atomic mass is 28.3. The van der Waals surface area contributed by atoms with Gasteiger partial charge in [-0.25, -0.2) is 4.68 Å². The number of aromatic nitrogens is 2. The van der Waals surface area contributed by atoms with Crippen molar-refractivity contribution in [1.82, 2.24) is 14.7 Å². The van der Waals surface area contributed by atoms with Gasteiger partial charge in [-0.1, -0.05) is 25.7 Å². The van der Waals surface area contributed by atoms with Crippen molar-refractivity contribution in [3.63, 3.8) is 0 Å². The average Bonchev–Trinajstić information content (AvgIpc) is 3.12. The lowest BCUT2D eigenvalue weighted by molar-refractivity contribution is 0.0720. The van der Waals surface area contributed by atoms with E-state index in [-0.39, 0.29) is 25.2 Å². The zero-order valence-electron chi connectivity index (χ0n) is 19.3. The number of fused-ring (bicyclic) bond motifs is 2. The lowest BCUT2D eigenvalue weighted by Crippen LogP contribution is -2.40. The number of likely N-dealkylation sites (N-methyl/N-ethyl adjacent to an activating group) is 1. The molecule has 0 unspecified atom stereocenters. The first-order chi connectivity index (χ1) is 15.2. The summed E-state index contributed by atoms with van der Waals surface area (Å²) < 4.78 is 7.42. The molecule has 2 aliphatic rings. The number of amides is 2. The molecule has 0 bridgehead atoms. The third-order valence-corrected chi connectivity index (χ3v) is 7.93. The van der Waals surface area contributed by atoms with E-state index in [0.717, 1.165) is 23.6 Å². The predicted octanol–water partition coefficient (Wildman–Crippen LogP) is 2.52. The van der Waals surface area contributed by atoms with Gasteiger partial charge in [0.1, 0.15) is 12.4 Å². The van der Waals surface area contributed by atoms with Crippen molar-refractivity contribution in [2.24, 2.45) is 0 Å². The van der Waals surface area contributed by atoms with Crippen LogP contribution in [0.4, 0.5) is 5.69 Å². The minimum atomic E-state index is -1.22. The maximum Gasteiger partial charge on any atom is 0.276 e. The lowest BCUT2D eigenvalue weighted by Gasteiger charge is -2.30. The van der Waals surface area contributed by atoms with Gasteiger partial charge in [0, 0.05) is 51.6 Å². The summed E-state index contributed by atoms with van der Waals surface area (Å²) in [6.45, 7) is 8.64. The third kappa shape index (κ3) is 4.37. The van der Waals surface area contributed by atoms with Crippen molar-refractivity contribution in [2.45, 2.75) is 51.9 Å². The van der Waals surface area contributed by atoms with Crippen molar-refractivity contribution in [3.05, 3.63) is 46.3 Å². The maximum atomic E-state index is 13.5. The minimum Gasteiger partial charge on any atom is -0.390 e. The number of aliphatic hydroxyl groups is 1. The molecule has 4 rings (SSSR count). The number of aliphatic hydroxyl groups excluding tert-OH is 1. The van der Waals surface area contributed by atoms with E-state index in [9.17, 15) is 14.7 Å². The predicted molar refractivity (Wildman–Crippen MR) is 125 cm³/mol. The summed E-state index contributed by atoms with van der Waals surface area (Å²) in [6.07, 6.45) is 1.41. The fraction of sp³-hybridized carbons (Fsp3) is 0.522. The normalized spacial score (nSPS) is 16.4. The van der Waals surface area contributed by atoms with Gasteiger partial charge in [0.25, 0.3) is 11.8 Å². The molecule has 8 nitrogen and oxygen atoms in total. The average molecular weight is 457 g/mol. The van der Waals surface area contributed by atoms with Gasteiger partial charge in [0.15, 0.2) is 0 Å². The molecule has 1 aromatic carbocycles. The second-order valence-electron chi connectivity index (χ2n) is 9.80. The van der Waals surface area contributed by atoms with Crippen LogP contribution in [0.3, 0.4) is 0 Å². The van der Waals surface area contributed by atoms with Crippen LogP contribution in [0.25, 0.3) is 0 Å². The second-order valence-corrected chi connectivity index (χ2v) is 15.4. The number of nitrogens with zero attached hydrogens (tertiary/aromatic N) is 4. The summed E-state index contributed by atoms with van der Waals surface area (Å²) in [5, 5.41) is 14.2. The molecule has 0 saturated heterocycles. The molecule has 0 saturated carbocycles. The van der Waals surface area contributed by atoms with Gasteiger partial charge in [-0.05, 0) is 36.6 Å². The van der Waals surface area contributed by atoms with Crippen LogP contribution in [0.1, 0.15) is 37.7 Å². The first kappa shape index (κ1) is 22.7. The van der Waals surface area contributed by atoms with Crippen LogP contribution in [-0.4, -0.2) is 66.4 Å². The molecule has 9 heteroatoms. The number of rotatable bonds is 7. The molecular formula is C23H32N4O4Si. The second kappa shape index (κ2) is 8.80. The zero-order chi connectivity index (χ0) is 23.0. The third-order valence-electron chi connectivity index (χ3n) is 6.23. The molecular weight excluding hydrogens is 424 g/mol. The topological polar surface area (TPSA) is 87.9 Å². The van der Waals surface area contributed by atoms with Gasteiger partial charge in [0.05, 0.1) is 12.3 Å². The summed E-state index contributed by atoms with van der Waals surface area (Å²) in [5.74, 6) is -0.189. The number of carbonyl (C=O) groups is 2. The van der Waals surface area contributed by atoms with E-state index in [0.29, 0.717) is 48.8 Å². The molecule has 2 amide bonds. The number of carbonyl (C=O) groups excluding carboxylic acids is 2. The molecule has 0 fully saturated rings. The Morgan fingerprint density at radius 1 is 1.12 bits per heavy atom. The van der Waals surface area contributed by atoms with E-state index < -0.39 is 8.07 Å². The zero-order valence-corrected chi connectivity index (χ0v) is 20.3. The summed E-state index contributed by atoms with van der Waals surface area (Å²) >= 11 is 0. The van der Waals surface area contributed by atoms with E-state index in [2.05, 4.69) is 24.7 Å². The van der Waals surface area contributed by atoms with E-state index in [1.165, 1.54) is 0 Å². The Hall–Kier alpha value is -2.49. The van der Waals surface area contributed by atoms with Crippen LogP contribution in [0, 0.1) is 0 Å². The number of ether oxygens (including phenoxy) is 1. The van der Waals surface area contributed by atoms with E-state index in [1.54, 1.807) is 21.5 Å². The lowest BCUT2D eigenvalue weighted by atomic mass is 9.97. The number of benzene rings is 1. The van der Waals surface area contributed by atoms with Crippen molar-refractivity contribution >= 4 is 25.6 Å². The van der Waals surface area contributed by atoms with Gasteiger partial charge in [-0.15, -0.1) is 0 Å². The highest BCUT2D eigenvalue weighted by Crippen LogP contribution is 2.30. The van der Waals surface area contributed by atoms with Crippen molar-refractivity contribution in [2.75, 3.05) is 31.6 Å². The van der Waals surface area contributed by atoms with E-state index in [1.807, 2.05) is 18.2 Å². The molecule has 1 N–H and O–H groups in total. The van der Waals surface area contributed by atoms with Gasteiger partial charge >= 0.3 is 0 Å². The number of anilines is 1. The fourth-order valence-electron chi connectivity index (χ4n) is 4.24. The summed E-state index contributed by atoms with van der Waals surface area (Å²) in [4.78, 5) is 29.5. The Kier molecular flexibility index (Phi) is 6.24. The van der Waals surface area contributed by atoms with Crippen LogP contribution < -0.4 is 4.90 Å². The van der Waals surface area contributed by atoms with Gasteiger partial charge in [-0.2, -0.15) is 5.10 Å². The monoisotopic (exact) mass is 456 g/mol. The number of hydrogen-bond acceptors (Lipinski definition) is 5. The Bertz CT molecular complexity index is 1040. The van der Waals surface area contributed by atoms with Gasteiger partial charge < -0.3 is 19.6 Å². The largest absolute Gasteiger partial charge is 0.390 e. The molecule has 3 heterocycles. The van der Waals surface area contributed by atoms with Gasteiger partial charge in [-0.3, -0.25) is 9.59 Å². The molecule has 2 aromatic rings. The highest BCUT2D eigenvalue weighted by molar-refractivity contribution is 6.76. The Morgan fingerprint density at radius 3 is 2.62 bits per heavy atom. The van der Waals surface area contributed by atoms with Gasteiger partial charge in [0.2, 0.25) is 0 Å². The molecule has 0 spiro atoms. The van der Waals surface area contributed by atoms with E-state index >= 15 is 0 Å². The number of hydrogen-bond donors (Lipinski definition) is 1. The quantitative estimate of drug-likeness (QED) is 0.511. The fourth-order valence-corrected chi connectivity index (χ4v) is 5.00. The first-order valence-corrected chi connectivity index (χ1v) is 14.9. The summed E-state index contributed by atoms with van der Waals surface area (Å²) in [6, 6.07) is 6.72.